The van der Waals surface area contributed by atoms with E-state index in [4.69, 9.17) is 0 Å². The Hall–Kier alpha value is -0.660. The van der Waals surface area contributed by atoms with E-state index in [1.54, 1.807) is 6.92 Å². The van der Waals surface area contributed by atoms with Gasteiger partial charge in [-0.05, 0) is 46.2 Å². The van der Waals surface area contributed by atoms with Crippen molar-refractivity contribution in [2.45, 2.75) is 51.6 Å². The zero-order chi connectivity index (χ0) is 16.1. The first-order valence-corrected chi connectivity index (χ1v) is 9.45. The zero-order valence-corrected chi connectivity index (χ0v) is 14.1. The van der Waals surface area contributed by atoms with Gasteiger partial charge < -0.3 is 10.4 Å². The van der Waals surface area contributed by atoms with Gasteiger partial charge in [-0.2, -0.15) is 0 Å². The summed E-state index contributed by atoms with van der Waals surface area (Å²) < 4.78 is 23.0. The predicted molar refractivity (Wildman–Crippen MR) is 83.3 cm³/mol. The van der Waals surface area contributed by atoms with Crippen LogP contribution in [0.15, 0.2) is 0 Å². The number of carboxylic acids is 1. The SMILES string of the molecule is CCNC(C)(CCCCN1CCS(=O)(=O)CC1C)C(=O)O. The Labute approximate surface area is 127 Å². The van der Waals surface area contributed by atoms with Gasteiger partial charge in [0.25, 0.3) is 0 Å². The molecule has 7 heteroatoms. The zero-order valence-electron chi connectivity index (χ0n) is 13.3. The molecule has 0 aromatic carbocycles. The van der Waals surface area contributed by atoms with Crippen molar-refractivity contribution >= 4 is 15.8 Å². The van der Waals surface area contributed by atoms with Gasteiger partial charge in [-0.3, -0.25) is 9.69 Å². The van der Waals surface area contributed by atoms with Crippen LogP contribution in [0, 0.1) is 0 Å². The van der Waals surface area contributed by atoms with Gasteiger partial charge >= 0.3 is 5.97 Å². The molecular formula is C14H28N2O4S. The van der Waals surface area contributed by atoms with E-state index in [0.29, 0.717) is 19.5 Å². The molecule has 0 aromatic rings. The van der Waals surface area contributed by atoms with Crippen LogP contribution in [0.1, 0.15) is 40.0 Å². The second kappa shape index (κ2) is 7.56. The van der Waals surface area contributed by atoms with Crippen LogP contribution in [0.5, 0.6) is 0 Å². The van der Waals surface area contributed by atoms with Gasteiger partial charge in [-0.25, -0.2) is 8.42 Å². The number of carboxylic acid groups (broad SMARTS) is 1. The molecule has 0 aromatic heterocycles. The molecule has 21 heavy (non-hydrogen) atoms. The molecule has 2 unspecified atom stereocenters. The summed E-state index contributed by atoms with van der Waals surface area (Å²) in [6.45, 7) is 7.61. The quantitative estimate of drug-likeness (QED) is 0.641. The highest BCUT2D eigenvalue weighted by Crippen LogP contribution is 2.17. The number of aliphatic carboxylic acids is 1. The molecule has 2 atom stereocenters. The fourth-order valence-electron chi connectivity index (χ4n) is 2.82. The smallest absolute Gasteiger partial charge is 0.323 e. The minimum atomic E-state index is -2.87. The molecule has 2 N–H and O–H groups in total. The normalized spacial score (nSPS) is 25.4. The average Bonchev–Trinajstić information content (AvgIpc) is 2.36. The average molecular weight is 320 g/mol. The largest absolute Gasteiger partial charge is 0.480 e. The van der Waals surface area contributed by atoms with Crippen LogP contribution in [0.3, 0.4) is 0 Å². The number of carbonyl (C=O) groups is 1. The second-order valence-corrected chi connectivity index (χ2v) is 8.35. The van der Waals surface area contributed by atoms with E-state index in [1.807, 2.05) is 13.8 Å². The predicted octanol–water partition coefficient (Wildman–Crippen LogP) is 0.728. The van der Waals surface area contributed by atoms with Crippen LogP contribution >= 0.6 is 0 Å². The highest BCUT2D eigenvalue weighted by atomic mass is 32.2. The molecule has 0 aliphatic carbocycles. The lowest BCUT2D eigenvalue weighted by molar-refractivity contribution is -0.144. The minimum Gasteiger partial charge on any atom is -0.480 e. The monoisotopic (exact) mass is 320 g/mol. The standard InChI is InChI=1S/C14H28N2O4S/c1-4-15-14(3,13(17)18)7-5-6-8-16-9-10-21(19,20)11-12(16)2/h12,15H,4-11H2,1-3H3,(H,17,18). The molecule has 0 saturated carbocycles. The summed E-state index contributed by atoms with van der Waals surface area (Å²) in [6, 6.07) is 0.0587. The maximum atomic E-state index is 11.5. The van der Waals surface area contributed by atoms with Crippen LogP contribution < -0.4 is 5.32 Å². The molecule has 0 amide bonds. The van der Waals surface area contributed by atoms with Crippen molar-refractivity contribution in [3.8, 4) is 0 Å². The number of nitrogens with zero attached hydrogens (tertiary/aromatic N) is 1. The Kier molecular flexibility index (Phi) is 6.62. The van der Waals surface area contributed by atoms with Gasteiger partial charge in [0.05, 0.1) is 11.5 Å². The molecule has 0 radical (unpaired) electrons. The van der Waals surface area contributed by atoms with Crippen LogP contribution in [0.25, 0.3) is 0 Å². The van der Waals surface area contributed by atoms with Crippen molar-refractivity contribution in [3.05, 3.63) is 0 Å². The Balaban J connectivity index is 2.35. The number of sulfone groups is 1. The maximum Gasteiger partial charge on any atom is 0.323 e. The number of rotatable bonds is 8. The van der Waals surface area contributed by atoms with Crippen molar-refractivity contribution in [1.82, 2.24) is 10.2 Å². The highest BCUT2D eigenvalue weighted by Gasteiger charge is 2.31. The number of nitrogens with one attached hydrogen (secondary N) is 1. The molecular weight excluding hydrogens is 292 g/mol. The third kappa shape index (κ3) is 5.56. The van der Waals surface area contributed by atoms with Gasteiger partial charge in [0.15, 0.2) is 9.84 Å². The maximum absolute atomic E-state index is 11.5. The molecule has 0 spiro atoms. The van der Waals surface area contributed by atoms with E-state index in [2.05, 4.69) is 10.2 Å². The van der Waals surface area contributed by atoms with Crippen molar-refractivity contribution in [1.29, 1.82) is 0 Å². The summed E-state index contributed by atoms with van der Waals surface area (Å²) in [4.78, 5) is 13.5. The molecule has 1 aliphatic rings. The second-order valence-electron chi connectivity index (χ2n) is 6.12. The summed E-state index contributed by atoms with van der Waals surface area (Å²) in [5, 5.41) is 12.3. The van der Waals surface area contributed by atoms with Crippen molar-refractivity contribution in [2.75, 3.05) is 31.1 Å². The summed E-state index contributed by atoms with van der Waals surface area (Å²) >= 11 is 0. The lowest BCUT2D eigenvalue weighted by Crippen LogP contribution is -2.49. The molecule has 1 aliphatic heterocycles. The van der Waals surface area contributed by atoms with Gasteiger partial charge in [-0.15, -0.1) is 0 Å². The third-order valence-corrected chi connectivity index (χ3v) is 6.01. The molecule has 6 nitrogen and oxygen atoms in total. The molecule has 0 bridgehead atoms. The van der Waals surface area contributed by atoms with Gasteiger partial charge in [0.1, 0.15) is 5.54 Å². The van der Waals surface area contributed by atoms with Crippen LogP contribution in [0.2, 0.25) is 0 Å². The van der Waals surface area contributed by atoms with Gasteiger partial charge in [-0.1, -0.05) is 6.92 Å². The van der Waals surface area contributed by atoms with E-state index in [0.717, 1.165) is 19.4 Å². The number of hydrogen-bond donors (Lipinski definition) is 2. The molecule has 1 heterocycles. The number of unbranched alkanes of at least 4 members (excludes halogenated alkanes) is 1. The first kappa shape index (κ1) is 18.4. The first-order valence-electron chi connectivity index (χ1n) is 7.63. The summed E-state index contributed by atoms with van der Waals surface area (Å²) in [5.41, 5.74) is -0.869. The van der Waals surface area contributed by atoms with Crippen molar-refractivity contribution < 1.29 is 18.3 Å². The first-order chi connectivity index (χ1) is 9.70. The van der Waals surface area contributed by atoms with Crippen molar-refractivity contribution in [2.24, 2.45) is 0 Å². The molecule has 1 rings (SSSR count). The van der Waals surface area contributed by atoms with Crippen LogP contribution in [0.4, 0.5) is 0 Å². The van der Waals surface area contributed by atoms with E-state index in [1.165, 1.54) is 0 Å². The lowest BCUT2D eigenvalue weighted by atomic mass is 9.94. The Morgan fingerprint density at radius 3 is 2.62 bits per heavy atom. The van der Waals surface area contributed by atoms with E-state index >= 15 is 0 Å². The Bertz CT molecular complexity index is 452. The van der Waals surface area contributed by atoms with E-state index in [-0.39, 0.29) is 17.5 Å². The van der Waals surface area contributed by atoms with Gasteiger partial charge in [0, 0.05) is 12.6 Å². The molecule has 1 fully saturated rings. The highest BCUT2D eigenvalue weighted by molar-refractivity contribution is 7.91. The number of likely N-dealkylation sites (N-methyl/N-ethyl adjacent to an activating group) is 1. The van der Waals surface area contributed by atoms with Gasteiger partial charge in [0.2, 0.25) is 0 Å². The molecule has 124 valence electrons. The fraction of sp³-hybridized carbons (Fsp3) is 0.929. The fourth-order valence-corrected chi connectivity index (χ4v) is 4.44. The topological polar surface area (TPSA) is 86.7 Å². The van der Waals surface area contributed by atoms with E-state index < -0.39 is 21.3 Å². The molecule has 1 saturated heterocycles. The third-order valence-electron chi connectivity index (χ3n) is 4.22. The van der Waals surface area contributed by atoms with Crippen LogP contribution in [-0.2, 0) is 14.6 Å². The summed E-state index contributed by atoms with van der Waals surface area (Å²) in [6.07, 6.45) is 2.28. The van der Waals surface area contributed by atoms with Crippen molar-refractivity contribution in [3.63, 3.8) is 0 Å². The summed E-state index contributed by atoms with van der Waals surface area (Å²) in [5.74, 6) is -0.347. The number of hydrogen-bond acceptors (Lipinski definition) is 5. The Morgan fingerprint density at radius 2 is 2.10 bits per heavy atom. The summed E-state index contributed by atoms with van der Waals surface area (Å²) in [7, 11) is -2.87. The Morgan fingerprint density at radius 1 is 1.43 bits per heavy atom. The minimum absolute atomic E-state index is 0.0587. The lowest BCUT2D eigenvalue weighted by Gasteiger charge is -2.33. The van der Waals surface area contributed by atoms with Crippen LogP contribution in [-0.4, -0.2) is 67.1 Å². The van der Waals surface area contributed by atoms with E-state index in [9.17, 15) is 18.3 Å².